The fourth-order valence-electron chi connectivity index (χ4n) is 18.8. The molecule has 0 aromatic heterocycles. The molecule has 19 nitrogen and oxygen atoms in total. The summed E-state index contributed by atoms with van der Waals surface area (Å²) in [5.74, 6) is 13.3. The van der Waals surface area contributed by atoms with Crippen LogP contribution < -0.4 is 61.6 Å². The maximum Gasteiger partial charge on any atom is 0.160 e. The third-order valence-electron chi connectivity index (χ3n) is 26.0. The molecule has 0 saturated carbocycles. The van der Waals surface area contributed by atoms with E-state index in [1.54, 1.807) is 44.6 Å². The van der Waals surface area contributed by atoms with E-state index in [9.17, 15) is 30.6 Å². The van der Waals surface area contributed by atoms with Crippen LogP contribution in [0.5, 0.6) is 109 Å². The minimum atomic E-state index is -0.123. The summed E-state index contributed by atoms with van der Waals surface area (Å²) in [5.41, 5.74) is 17.7. The predicted molar refractivity (Wildman–Crippen MR) is 478 cm³/mol. The summed E-state index contributed by atoms with van der Waals surface area (Å²) in [6.45, 7) is 28.7. The molecule has 10 heterocycles. The number of methoxy groups -OCH3 is 2. The molecule has 20 rings (SSSR count). The number of aromatic hydroxyl groups is 6. The fraction of sp³-hybridized carbons (Fsp3) is 0.429. The second kappa shape index (κ2) is 34.8. The van der Waals surface area contributed by atoms with Crippen LogP contribution in [-0.4, -0.2) is 113 Å². The van der Waals surface area contributed by atoms with Crippen molar-refractivity contribution in [3.63, 3.8) is 0 Å². The van der Waals surface area contributed by atoms with E-state index in [0.29, 0.717) is 62.6 Å². The minimum absolute atomic E-state index is 0.0839. The second-order valence-electron chi connectivity index (χ2n) is 37.9. The highest BCUT2D eigenvalue weighted by molar-refractivity contribution is 5.60. The van der Waals surface area contributed by atoms with Gasteiger partial charge in [-0.2, -0.15) is 0 Å². The SMILES string of the molecule is CC1(C)CCc2c(ccc3c2OCC(c2ccc(O)c(O)c2)C3)O1.CCOc1ccc(C2COc3c(ccc4c3CCC(C)(C)O4)C2)cc1O.COc1cc(O)cc(C2COc3c(ccc4c3CCC(C)(C)O4)C2)c1.COc1ccc(C2COc3c(ccc4c3CCC(C)(C)O4)C2)cc1O.Cc1ccc(C2COc3c(ccc4c3CCC(C)(C)O4)C2)cc1O. The molecule has 10 aromatic rings. The van der Waals surface area contributed by atoms with Crippen LogP contribution >= 0.6 is 0 Å². The number of fused-ring (bicyclic) bond motifs is 15. The van der Waals surface area contributed by atoms with Gasteiger partial charge in [-0.1, -0.05) is 60.7 Å². The third kappa shape index (κ3) is 18.9. The quantitative estimate of drug-likeness (QED) is 0.0736. The maximum absolute atomic E-state index is 10.2. The Bertz CT molecular complexity index is 5480. The van der Waals surface area contributed by atoms with Crippen LogP contribution in [0.15, 0.2) is 152 Å². The third-order valence-corrected chi connectivity index (χ3v) is 26.0. The Morgan fingerprint density at radius 1 is 0.306 bits per heavy atom. The van der Waals surface area contributed by atoms with E-state index in [2.05, 4.69) is 136 Å². The van der Waals surface area contributed by atoms with Gasteiger partial charge in [0.15, 0.2) is 34.5 Å². The Labute approximate surface area is 729 Å². The van der Waals surface area contributed by atoms with E-state index in [-0.39, 0.29) is 86.3 Å². The van der Waals surface area contributed by atoms with Crippen LogP contribution in [-0.2, 0) is 64.2 Å². The lowest BCUT2D eigenvalue weighted by molar-refractivity contribution is 0.0822. The molecule has 19 heteroatoms. The van der Waals surface area contributed by atoms with Crippen LogP contribution in [0.25, 0.3) is 0 Å². The zero-order chi connectivity index (χ0) is 87.3. The lowest BCUT2D eigenvalue weighted by Gasteiger charge is -2.35. The van der Waals surface area contributed by atoms with Gasteiger partial charge in [-0.25, -0.2) is 0 Å². The molecule has 654 valence electrons. The summed E-state index contributed by atoms with van der Waals surface area (Å²) >= 11 is 0. The van der Waals surface area contributed by atoms with Crippen LogP contribution in [0, 0.1) is 6.92 Å². The number of aryl methyl sites for hydroxylation is 1. The first kappa shape index (κ1) is 85.9. The molecule has 5 atom stereocenters. The summed E-state index contributed by atoms with van der Waals surface area (Å²) in [4.78, 5) is 0. The van der Waals surface area contributed by atoms with Crippen molar-refractivity contribution in [1.82, 2.24) is 0 Å². The van der Waals surface area contributed by atoms with Crippen molar-refractivity contribution in [3.05, 3.63) is 241 Å². The molecule has 0 amide bonds. The lowest BCUT2D eigenvalue weighted by atomic mass is 9.86. The number of phenols is 6. The molecular weight excluding hydrogens is 1570 g/mol. The summed E-state index contributed by atoms with van der Waals surface area (Å²) in [6, 6.07) is 48.5. The topological polar surface area (TPSA) is 241 Å². The molecule has 0 bridgehead atoms. The van der Waals surface area contributed by atoms with Crippen molar-refractivity contribution in [2.24, 2.45) is 0 Å². The molecule has 0 spiro atoms. The Morgan fingerprint density at radius 2 is 0.605 bits per heavy atom. The van der Waals surface area contributed by atoms with Crippen LogP contribution in [0.2, 0.25) is 0 Å². The maximum atomic E-state index is 10.2. The van der Waals surface area contributed by atoms with E-state index in [1.807, 2.05) is 62.4 Å². The summed E-state index contributed by atoms with van der Waals surface area (Å²) in [5, 5.41) is 59.3. The zero-order valence-electron chi connectivity index (χ0n) is 74.2. The van der Waals surface area contributed by atoms with Gasteiger partial charge in [0.1, 0.15) is 103 Å². The Morgan fingerprint density at radius 3 is 0.903 bits per heavy atom. The highest BCUT2D eigenvalue weighted by Gasteiger charge is 2.39. The van der Waals surface area contributed by atoms with Crippen molar-refractivity contribution in [2.45, 2.75) is 237 Å². The lowest BCUT2D eigenvalue weighted by Crippen LogP contribution is -2.33. The molecule has 124 heavy (non-hydrogen) atoms. The average Bonchev–Trinajstić information content (AvgIpc) is 0.785. The number of hydrogen-bond acceptors (Lipinski definition) is 19. The number of rotatable bonds is 9. The molecule has 10 aliphatic rings. The number of hydrogen-bond donors (Lipinski definition) is 6. The number of phenolic OH excluding ortho intramolecular Hbond substituents is 6. The average molecular weight is 1690 g/mol. The van der Waals surface area contributed by atoms with Crippen LogP contribution in [0.4, 0.5) is 0 Å². The minimum Gasteiger partial charge on any atom is -0.508 e. The molecule has 0 aliphatic carbocycles. The van der Waals surface area contributed by atoms with Gasteiger partial charge in [-0.05, 0) is 326 Å². The first-order chi connectivity index (χ1) is 59.2. The molecule has 0 fully saturated rings. The molecule has 0 radical (unpaired) electrons. The van der Waals surface area contributed by atoms with Gasteiger partial charge >= 0.3 is 0 Å². The van der Waals surface area contributed by atoms with Crippen LogP contribution in [0.3, 0.4) is 0 Å². The van der Waals surface area contributed by atoms with E-state index in [4.69, 9.17) is 61.6 Å². The summed E-state index contributed by atoms with van der Waals surface area (Å²) in [6.07, 6.45) is 14.4. The molecular formula is C105H120O19. The van der Waals surface area contributed by atoms with Gasteiger partial charge in [0.25, 0.3) is 0 Å². The van der Waals surface area contributed by atoms with Crippen molar-refractivity contribution < 1.29 is 92.2 Å². The predicted octanol–water partition coefficient (Wildman–Crippen LogP) is 21.5. The standard InChI is InChI=1S/C22H26O4.2C21H24O4.C21H24O3.C20H22O4/c1-4-24-20-8-5-14(12-18(20)23)16-11-15-6-7-19-17(21(15)25-13-16)9-10-22(2,3)26-19;1-21(2)9-8-16-18(25-21)6-5-14-10-15(12-24-20(14)16)13-4-7-19(23-3)17(22)11-13;1-21(2)7-6-18-19(25-21)5-4-13-8-15(12-24-20(13)18)14-9-16(22)11-17(10-14)23-3;1-13-4-5-14(11-18(13)22)16-10-15-6-7-19-17(20(15)23-12-16)8-9-21(2,3)24-19;1-20(2)8-7-15-18(24-20)6-4-13-9-14(11-23-19(13)15)12-3-5-16(21)17(22)10-12/h5-8,12,16,23H,4,9-11,13H2,1-3H3;4-7,11,15,22H,8-10,12H2,1-3H3;4-5,9-11,15,22H,6-8,12H2,1-3H3;4-7,11,16,22H,8-10,12H2,1-3H3;3-6,10,14,21-22H,7-9,11H2,1-2H3. The van der Waals surface area contributed by atoms with Crippen molar-refractivity contribution in [1.29, 1.82) is 0 Å². The molecule has 10 aliphatic heterocycles. The van der Waals surface area contributed by atoms with E-state index in [1.165, 1.54) is 61.7 Å². The van der Waals surface area contributed by atoms with Crippen molar-refractivity contribution in [2.75, 3.05) is 53.9 Å². The first-order valence-electron chi connectivity index (χ1n) is 44.1. The van der Waals surface area contributed by atoms with Gasteiger partial charge in [-0.3, -0.25) is 0 Å². The van der Waals surface area contributed by atoms with Crippen LogP contribution in [0.1, 0.15) is 227 Å². The van der Waals surface area contributed by atoms with E-state index >= 15 is 0 Å². The highest BCUT2D eigenvalue weighted by Crippen LogP contribution is 2.52. The van der Waals surface area contributed by atoms with Crippen molar-refractivity contribution in [3.8, 4) is 109 Å². The molecule has 6 N–H and O–H groups in total. The highest BCUT2D eigenvalue weighted by atomic mass is 16.5. The normalized spacial score (nSPS) is 20.8. The Kier molecular flexibility index (Phi) is 24.1. The molecule has 5 unspecified atom stereocenters. The second-order valence-corrected chi connectivity index (χ2v) is 37.9. The number of ether oxygens (including phenoxy) is 13. The van der Waals surface area contributed by atoms with Gasteiger partial charge in [-0.15, -0.1) is 0 Å². The van der Waals surface area contributed by atoms with E-state index in [0.717, 1.165) is 187 Å². The largest absolute Gasteiger partial charge is 0.508 e. The fourth-order valence-corrected chi connectivity index (χ4v) is 18.8. The van der Waals surface area contributed by atoms with Gasteiger partial charge in [0.2, 0.25) is 0 Å². The van der Waals surface area contributed by atoms with Gasteiger partial charge < -0.3 is 92.2 Å². The summed E-state index contributed by atoms with van der Waals surface area (Å²) < 4.78 is 77.1. The van der Waals surface area contributed by atoms with Crippen molar-refractivity contribution >= 4 is 0 Å². The molecule has 10 aromatic carbocycles. The van der Waals surface area contributed by atoms with Gasteiger partial charge in [0.05, 0.1) is 53.9 Å². The molecule has 0 saturated heterocycles. The monoisotopic (exact) mass is 1680 g/mol. The smallest absolute Gasteiger partial charge is 0.160 e. The zero-order valence-corrected chi connectivity index (χ0v) is 74.2. The van der Waals surface area contributed by atoms with E-state index < -0.39 is 0 Å². The number of benzene rings is 10. The Balaban J connectivity index is 0.000000115. The van der Waals surface area contributed by atoms with Gasteiger partial charge in [0, 0.05) is 63.5 Å². The Hall–Kier alpha value is -11.6. The summed E-state index contributed by atoms with van der Waals surface area (Å²) in [7, 11) is 3.17. The first-order valence-corrected chi connectivity index (χ1v) is 44.1.